The van der Waals surface area contributed by atoms with E-state index in [1.54, 1.807) is 17.0 Å². The van der Waals surface area contributed by atoms with Gasteiger partial charge in [-0.2, -0.15) is 23.7 Å². The fraction of sp³-hybridized carbons (Fsp3) is 0.439. The van der Waals surface area contributed by atoms with E-state index in [2.05, 4.69) is 26.5 Å². The van der Waals surface area contributed by atoms with Gasteiger partial charge in [-0.05, 0) is 98.2 Å². The van der Waals surface area contributed by atoms with Crippen molar-refractivity contribution in [2.24, 2.45) is 0 Å². The van der Waals surface area contributed by atoms with Crippen molar-refractivity contribution in [3.8, 4) is 17.9 Å². The number of aldehydes is 1. The number of piperazine rings is 1. The highest BCUT2D eigenvalue weighted by Gasteiger charge is 2.39. The van der Waals surface area contributed by atoms with Gasteiger partial charge in [-0.25, -0.2) is 4.39 Å². The van der Waals surface area contributed by atoms with E-state index in [9.17, 15) is 32.8 Å². The van der Waals surface area contributed by atoms with Crippen LogP contribution >= 0.6 is 0 Å². The van der Waals surface area contributed by atoms with Crippen LogP contribution in [0.2, 0.25) is 0 Å². The second-order valence-corrected chi connectivity index (χ2v) is 14.3. The number of nitrogens with one attached hydrogen (secondary N) is 2. The lowest BCUT2D eigenvalue weighted by atomic mass is 9.86. The molecule has 2 amide bonds. The third-order valence-corrected chi connectivity index (χ3v) is 10.9. The predicted molar refractivity (Wildman–Crippen MR) is 200 cm³/mol. The number of ether oxygens (including phenoxy) is 1. The molecular formula is C41H43F4N7O4. The molecule has 6 rings (SSSR count). The Kier molecular flexibility index (Phi) is 12.9. The Morgan fingerprint density at radius 2 is 1.64 bits per heavy atom. The molecule has 2 N–H and O–H groups in total. The summed E-state index contributed by atoms with van der Waals surface area (Å²) in [6.07, 6.45) is -0.701. The summed E-state index contributed by atoms with van der Waals surface area (Å²) >= 11 is 0. The largest absolute Gasteiger partial charge is 0.494 e. The zero-order chi connectivity index (χ0) is 39.8. The van der Waals surface area contributed by atoms with Crippen LogP contribution in [0.1, 0.15) is 82.6 Å². The number of hydrogen-bond donors (Lipinski definition) is 2. The van der Waals surface area contributed by atoms with E-state index in [4.69, 9.17) is 10.00 Å². The first-order chi connectivity index (χ1) is 27.0. The van der Waals surface area contributed by atoms with Crippen LogP contribution in [0.3, 0.4) is 0 Å². The van der Waals surface area contributed by atoms with E-state index in [0.717, 1.165) is 74.7 Å². The average Bonchev–Trinajstić information content (AvgIpc) is 3.20. The van der Waals surface area contributed by atoms with Gasteiger partial charge in [-0.1, -0.05) is 6.07 Å². The van der Waals surface area contributed by atoms with E-state index < -0.39 is 29.2 Å². The molecule has 0 aromatic heterocycles. The number of unbranched alkanes of at least 4 members (excludes halogenated alkanes) is 1. The summed E-state index contributed by atoms with van der Waals surface area (Å²) in [7, 11) is 0. The zero-order valence-corrected chi connectivity index (χ0v) is 30.8. The summed E-state index contributed by atoms with van der Waals surface area (Å²) in [5, 5.41) is 24.5. The first-order valence-corrected chi connectivity index (χ1v) is 18.8. The van der Waals surface area contributed by atoms with Crippen molar-refractivity contribution in [2.45, 2.75) is 63.2 Å². The van der Waals surface area contributed by atoms with E-state index in [0.29, 0.717) is 62.4 Å². The van der Waals surface area contributed by atoms with E-state index in [-0.39, 0.29) is 29.8 Å². The number of piperidine rings is 2. The molecule has 56 heavy (non-hydrogen) atoms. The van der Waals surface area contributed by atoms with Crippen LogP contribution < -0.4 is 25.2 Å². The quantitative estimate of drug-likeness (QED) is 0.0968. The summed E-state index contributed by atoms with van der Waals surface area (Å²) in [6, 6.07) is 16.6. The number of nitrogens with zero attached hydrogens (tertiary/aromatic N) is 5. The van der Waals surface area contributed by atoms with Crippen LogP contribution in [0.5, 0.6) is 5.75 Å². The maximum absolute atomic E-state index is 15.0. The summed E-state index contributed by atoms with van der Waals surface area (Å²) in [5.74, 6) is -1.50. The van der Waals surface area contributed by atoms with Crippen molar-refractivity contribution >= 4 is 29.5 Å². The Labute approximate surface area is 322 Å². The van der Waals surface area contributed by atoms with Gasteiger partial charge in [0, 0.05) is 63.5 Å². The first kappa shape index (κ1) is 40.2. The van der Waals surface area contributed by atoms with E-state index in [1.165, 1.54) is 12.1 Å². The van der Waals surface area contributed by atoms with Gasteiger partial charge in [0.1, 0.15) is 17.6 Å². The highest BCUT2D eigenvalue weighted by molar-refractivity contribution is 6.00. The second-order valence-electron chi connectivity index (χ2n) is 14.3. The molecule has 3 aromatic rings. The van der Waals surface area contributed by atoms with Crippen LogP contribution in [0.25, 0.3) is 0 Å². The van der Waals surface area contributed by atoms with Gasteiger partial charge in [0.2, 0.25) is 11.8 Å². The maximum atomic E-state index is 15.0. The Hall–Kier alpha value is -5.51. The lowest BCUT2D eigenvalue weighted by Gasteiger charge is -2.36. The number of halogens is 4. The molecular weight excluding hydrogens is 730 g/mol. The predicted octanol–water partition coefficient (Wildman–Crippen LogP) is 5.66. The molecule has 0 radical (unpaired) electrons. The SMILES string of the molecule is N#Cc1cc(OCCCCN2CCN(c3ccc(C=O)c(CNC4CCC(=O)NC4=O)c3)CC2)ccc1C1CCN(c2ccc(C#N)c(C(F)(F)F)c2F)CC1. The number of rotatable bonds is 13. The molecule has 1 atom stereocenters. The summed E-state index contributed by atoms with van der Waals surface area (Å²) in [5.41, 5.74) is 1.19. The van der Waals surface area contributed by atoms with Gasteiger partial charge in [0.05, 0.1) is 41.6 Å². The number of amides is 2. The van der Waals surface area contributed by atoms with Gasteiger partial charge in [0.25, 0.3) is 0 Å². The molecule has 3 saturated heterocycles. The van der Waals surface area contributed by atoms with Crippen molar-refractivity contribution in [3.05, 3.63) is 87.7 Å². The minimum atomic E-state index is -4.99. The van der Waals surface area contributed by atoms with Crippen molar-refractivity contribution < 1.29 is 36.7 Å². The Morgan fingerprint density at radius 1 is 0.893 bits per heavy atom. The molecule has 0 spiro atoms. The number of benzene rings is 3. The minimum Gasteiger partial charge on any atom is -0.494 e. The van der Waals surface area contributed by atoms with Gasteiger partial charge in [-0.15, -0.1) is 0 Å². The Balaban J connectivity index is 0.927. The Bertz CT molecular complexity index is 2010. The number of imide groups is 1. The van der Waals surface area contributed by atoms with Crippen molar-refractivity contribution in [2.75, 3.05) is 62.2 Å². The van der Waals surface area contributed by atoms with Gasteiger partial charge in [0.15, 0.2) is 5.82 Å². The third kappa shape index (κ3) is 9.46. The second kappa shape index (κ2) is 18.0. The molecule has 0 saturated carbocycles. The lowest BCUT2D eigenvalue weighted by Crippen LogP contribution is -2.50. The van der Waals surface area contributed by atoms with E-state index >= 15 is 4.39 Å². The molecule has 3 heterocycles. The van der Waals surface area contributed by atoms with Crippen LogP contribution in [0.4, 0.5) is 28.9 Å². The zero-order valence-electron chi connectivity index (χ0n) is 30.8. The third-order valence-electron chi connectivity index (χ3n) is 10.9. The summed E-state index contributed by atoms with van der Waals surface area (Å²) < 4.78 is 61.6. The fourth-order valence-electron chi connectivity index (χ4n) is 7.72. The number of alkyl halides is 3. The monoisotopic (exact) mass is 773 g/mol. The highest BCUT2D eigenvalue weighted by atomic mass is 19.4. The molecule has 3 aromatic carbocycles. The summed E-state index contributed by atoms with van der Waals surface area (Å²) in [4.78, 5) is 41.6. The van der Waals surface area contributed by atoms with Crippen molar-refractivity contribution in [1.82, 2.24) is 15.5 Å². The fourth-order valence-corrected chi connectivity index (χ4v) is 7.72. The standard InChI is InChI=1S/C41H43F4N7O4/c42-39-36(9-4-28(23-46)38(39)41(43,44)45)52-14-11-27(12-15-52)34-7-6-33(22-30(34)24-47)56-20-2-1-13-50-16-18-51(19-17-50)32-5-3-29(26-53)31(21-32)25-48-35-8-10-37(54)49-40(35)55/h3-7,9,21-22,26-27,35,48H,1-2,8,10-20,25H2,(H,49,54,55). The molecule has 1 unspecified atom stereocenters. The topological polar surface area (TPSA) is 142 Å². The van der Waals surface area contributed by atoms with Gasteiger partial charge in [-0.3, -0.25) is 24.6 Å². The van der Waals surface area contributed by atoms with Crippen LogP contribution in [0.15, 0.2) is 48.5 Å². The highest BCUT2D eigenvalue weighted by Crippen LogP contribution is 2.40. The van der Waals surface area contributed by atoms with Crippen LogP contribution in [-0.4, -0.2) is 81.5 Å². The number of anilines is 2. The molecule has 3 aliphatic rings. The van der Waals surface area contributed by atoms with Gasteiger partial charge < -0.3 is 19.9 Å². The molecule has 0 bridgehead atoms. The number of carbonyl (C=O) groups excluding carboxylic acids is 3. The van der Waals surface area contributed by atoms with Crippen LogP contribution in [0, 0.1) is 28.5 Å². The lowest BCUT2D eigenvalue weighted by molar-refractivity contribution is -0.140. The molecule has 0 aliphatic carbocycles. The van der Waals surface area contributed by atoms with Crippen LogP contribution in [-0.2, 0) is 22.3 Å². The van der Waals surface area contributed by atoms with Crippen molar-refractivity contribution in [3.63, 3.8) is 0 Å². The molecule has 3 fully saturated rings. The number of nitriles is 2. The average molecular weight is 774 g/mol. The van der Waals surface area contributed by atoms with Gasteiger partial charge >= 0.3 is 6.18 Å². The Morgan fingerprint density at radius 3 is 2.32 bits per heavy atom. The number of carbonyl (C=O) groups is 3. The normalized spacial score (nSPS) is 18.3. The minimum absolute atomic E-state index is 0.0290. The smallest absolute Gasteiger partial charge is 0.420 e. The maximum Gasteiger partial charge on any atom is 0.420 e. The van der Waals surface area contributed by atoms with Crippen molar-refractivity contribution in [1.29, 1.82) is 10.5 Å². The number of hydrogen-bond acceptors (Lipinski definition) is 10. The van der Waals surface area contributed by atoms with E-state index in [1.807, 2.05) is 24.3 Å². The summed E-state index contributed by atoms with van der Waals surface area (Å²) in [6.45, 7) is 5.73. The first-order valence-electron chi connectivity index (χ1n) is 18.8. The molecule has 15 heteroatoms. The molecule has 294 valence electrons. The molecule has 3 aliphatic heterocycles. The molecule has 11 nitrogen and oxygen atoms in total.